The lowest BCUT2D eigenvalue weighted by Crippen LogP contribution is -2.42. The highest BCUT2D eigenvalue weighted by Crippen LogP contribution is 2.22. The fourth-order valence-corrected chi connectivity index (χ4v) is 2.95. The van der Waals surface area contributed by atoms with Crippen LogP contribution in [0.4, 0.5) is 0 Å². The first-order valence-electron chi connectivity index (χ1n) is 8.89. The number of hydrogen-bond donors (Lipinski definition) is 1. The molecule has 1 fully saturated rings. The van der Waals surface area contributed by atoms with Crippen LogP contribution in [0.2, 0.25) is 0 Å². The van der Waals surface area contributed by atoms with Gasteiger partial charge in [0, 0.05) is 12.3 Å². The summed E-state index contributed by atoms with van der Waals surface area (Å²) in [5.41, 5.74) is 0.526. The number of rotatable bonds is 7. The van der Waals surface area contributed by atoms with Gasteiger partial charge in [-0.25, -0.2) is 4.98 Å². The molecule has 1 aliphatic rings. The van der Waals surface area contributed by atoms with Crippen molar-refractivity contribution in [2.45, 2.75) is 58.2 Å². The molecule has 2 heterocycles. The second-order valence-electron chi connectivity index (χ2n) is 6.82. The van der Waals surface area contributed by atoms with Gasteiger partial charge in [0.1, 0.15) is 6.10 Å². The van der Waals surface area contributed by atoms with E-state index >= 15 is 0 Å². The Balaban J connectivity index is 1.59. The van der Waals surface area contributed by atoms with Crippen LogP contribution in [0.15, 0.2) is 30.7 Å². The number of nitrogens with one attached hydrogen (secondary N) is 1. The summed E-state index contributed by atoms with van der Waals surface area (Å²) < 4.78 is 5.84. The lowest BCUT2D eigenvalue weighted by Gasteiger charge is -2.21. The van der Waals surface area contributed by atoms with Gasteiger partial charge < -0.3 is 10.1 Å². The van der Waals surface area contributed by atoms with Crippen molar-refractivity contribution in [3.63, 3.8) is 0 Å². The normalized spacial score (nSPS) is 16.1. The molecule has 1 atom stereocenters. The molecule has 0 bridgehead atoms. The SMILES string of the molecule is CC(C)C(Cn1nccn1)NC(=O)c1ccc(OC2CCCC2)nc1. The molecular weight excluding hydrogens is 318 g/mol. The summed E-state index contributed by atoms with van der Waals surface area (Å²) in [6.45, 7) is 4.66. The van der Waals surface area contributed by atoms with Crippen LogP contribution in [-0.2, 0) is 6.54 Å². The van der Waals surface area contributed by atoms with Crippen molar-refractivity contribution in [1.82, 2.24) is 25.3 Å². The third kappa shape index (κ3) is 4.78. The van der Waals surface area contributed by atoms with Gasteiger partial charge in [0.2, 0.25) is 5.88 Å². The van der Waals surface area contributed by atoms with Crippen molar-refractivity contribution in [3.8, 4) is 5.88 Å². The first-order chi connectivity index (χ1) is 12.1. The lowest BCUT2D eigenvalue weighted by molar-refractivity contribution is 0.0917. The molecule has 0 aliphatic heterocycles. The van der Waals surface area contributed by atoms with E-state index in [0.717, 1.165) is 12.8 Å². The summed E-state index contributed by atoms with van der Waals surface area (Å²) in [6, 6.07) is 3.47. The summed E-state index contributed by atoms with van der Waals surface area (Å²) in [6.07, 6.45) is 9.70. The van der Waals surface area contributed by atoms with E-state index in [4.69, 9.17) is 4.74 Å². The van der Waals surface area contributed by atoms with Gasteiger partial charge >= 0.3 is 0 Å². The fraction of sp³-hybridized carbons (Fsp3) is 0.556. The van der Waals surface area contributed by atoms with Crippen LogP contribution in [0.25, 0.3) is 0 Å². The van der Waals surface area contributed by atoms with Crippen molar-refractivity contribution < 1.29 is 9.53 Å². The largest absolute Gasteiger partial charge is 0.474 e. The molecule has 1 amide bonds. The lowest BCUT2D eigenvalue weighted by atomic mass is 10.0. The molecule has 7 nitrogen and oxygen atoms in total. The number of carbonyl (C=O) groups is 1. The van der Waals surface area contributed by atoms with Crippen LogP contribution in [0.3, 0.4) is 0 Å². The monoisotopic (exact) mass is 343 g/mol. The highest BCUT2D eigenvalue weighted by molar-refractivity contribution is 5.94. The smallest absolute Gasteiger partial charge is 0.253 e. The van der Waals surface area contributed by atoms with Crippen molar-refractivity contribution in [2.75, 3.05) is 0 Å². The predicted molar refractivity (Wildman–Crippen MR) is 93.2 cm³/mol. The summed E-state index contributed by atoms with van der Waals surface area (Å²) in [4.78, 5) is 18.4. The molecule has 3 rings (SSSR count). The zero-order valence-electron chi connectivity index (χ0n) is 14.8. The van der Waals surface area contributed by atoms with Gasteiger partial charge in [-0.3, -0.25) is 4.79 Å². The van der Waals surface area contributed by atoms with Gasteiger partial charge in [0.15, 0.2) is 0 Å². The minimum Gasteiger partial charge on any atom is -0.474 e. The summed E-state index contributed by atoms with van der Waals surface area (Å²) >= 11 is 0. The van der Waals surface area contributed by atoms with E-state index in [1.807, 2.05) is 0 Å². The highest BCUT2D eigenvalue weighted by atomic mass is 16.5. The van der Waals surface area contributed by atoms with E-state index in [2.05, 4.69) is 34.3 Å². The maximum absolute atomic E-state index is 12.5. The van der Waals surface area contributed by atoms with Crippen molar-refractivity contribution in [1.29, 1.82) is 0 Å². The number of carbonyl (C=O) groups excluding carboxylic acids is 1. The molecule has 0 aromatic carbocycles. The Morgan fingerprint density at radius 2 is 2.00 bits per heavy atom. The van der Waals surface area contributed by atoms with Crippen molar-refractivity contribution in [3.05, 3.63) is 36.3 Å². The number of amides is 1. The Morgan fingerprint density at radius 3 is 2.60 bits per heavy atom. The first-order valence-corrected chi connectivity index (χ1v) is 8.89. The first kappa shape index (κ1) is 17.4. The van der Waals surface area contributed by atoms with Crippen LogP contribution >= 0.6 is 0 Å². The minimum absolute atomic E-state index is 0.0608. The fourth-order valence-electron chi connectivity index (χ4n) is 2.95. The Morgan fingerprint density at radius 1 is 1.28 bits per heavy atom. The summed E-state index contributed by atoms with van der Waals surface area (Å²) in [5, 5.41) is 11.3. The molecule has 0 saturated heterocycles. The Kier molecular flexibility index (Phi) is 5.63. The standard InChI is InChI=1S/C18H25N5O2/c1-13(2)16(12-23-20-9-10-21-23)22-18(24)14-7-8-17(19-11-14)25-15-5-3-4-6-15/h7-11,13,15-16H,3-6,12H2,1-2H3,(H,22,24). The van der Waals surface area contributed by atoms with Gasteiger partial charge in [-0.05, 0) is 37.7 Å². The van der Waals surface area contributed by atoms with Crippen LogP contribution in [-0.4, -0.2) is 38.0 Å². The van der Waals surface area contributed by atoms with Crippen LogP contribution in [0, 0.1) is 5.92 Å². The highest BCUT2D eigenvalue weighted by Gasteiger charge is 2.20. The maximum Gasteiger partial charge on any atom is 0.253 e. The number of hydrogen-bond acceptors (Lipinski definition) is 5. The molecule has 1 aliphatic carbocycles. The van der Waals surface area contributed by atoms with Gasteiger partial charge in [-0.1, -0.05) is 13.8 Å². The van der Waals surface area contributed by atoms with E-state index in [1.165, 1.54) is 12.8 Å². The zero-order chi connectivity index (χ0) is 17.6. The average molecular weight is 343 g/mol. The number of aromatic nitrogens is 4. The molecule has 0 radical (unpaired) electrons. The zero-order valence-corrected chi connectivity index (χ0v) is 14.8. The predicted octanol–water partition coefficient (Wildman–Crippen LogP) is 2.45. The van der Waals surface area contributed by atoms with E-state index in [1.54, 1.807) is 35.5 Å². The molecule has 7 heteroatoms. The Hall–Kier alpha value is -2.44. The molecule has 0 spiro atoms. The minimum atomic E-state index is -0.147. The quantitative estimate of drug-likeness (QED) is 0.835. The summed E-state index contributed by atoms with van der Waals surface area (Å²) in [7, 11) is 0. The second-order valence-corrected chi connectivity index (χ2v) is 6.82. The van der Waals surface area contributed by atoms with Gasteiger partial charge in [-0.2, -0.15) is 15.0 Å². The third-order valence-corrected chi connectivity index (χ3v) is 4.54. The van der Waals surface area contributed by atoms with Crippen LogP contribution in [0.5, 0.6) is 5.88 Å². The molecule has 1 N–H and O–H groups in total. The molecule has 1 saturated carbocycles. The number of pyridine rings is 1. The molecule has 2 aromatic rings. The molecule has 25 heavy (non-hydrogen) atoms. The van der Waals surface area contributed by atoms with Crippen LogP contribution < -0.4 is 10.1 Å². The third-order valence-electron chi connectivity index (χ3n) is 4.54. The van der Waals surface area contributed by atoms with E-state index in [9.17, 15) is 4.79 Å². The summed E-state index contributed by atoms with van der Waals surface area (Å²) in [5.74, 6) is 0.697. The molecule has 134 valence electrons. The van der Waals surface area contributed by atoms with E-state index in [0.29, 0.717) is 18.0 Å². The topological polar surface area (TPSA) is 81.9 Å². The maximum atomic E-state index is 12.5. The van der Waals surface area contributed by atoms with Gasteiger partial charge in [0.05, 0.1) is 30.5 Å². The average Bonchev–Trinajstić information content (AvgIpc) is 3.28. The van der Waals surface area contributed by atoms with Crippen molar-refractivity contribution >= 4 is 5.91 Å². The molecular formula is C18H25N5O2. The van der Waals surface area contributed by atoms with Crippen molar-refractivity contribution in [2.24, 2.45) is 5.92 Å². The number of nitrogens with zero attached hydrogens (tertiary/aromatic N) is 4. The Labute approximate surface area is 147 Å². The Bertz CT molecular complexity index is 663. The molecule has 2 aromatic heterocycles. The second kappa shape index (κ2) is 8.09. The van der Waals surface area contributed by atoms with Gasteiger partial charge in [0.25, 0.3) is 5.91 Å². The van der Waals surface area contributed by atoms with E-state index in [-0.39, 0.29) is 24.0 Å². The van der Waals surface area contributed by atoms with E-state index < -0.39 is 0 Å². The number of ether oxygens (including phenoxy) is 1. The molecule has 1 unspecified atom stereocenters. The van der Waals surface area contributed by atoms with Gasteiger partial charge in [-0.15, -0.1) is 0 Å². The van der Waals surface area contributed by atoms with Crippen LogP contribution in [0.1, 0.15) is 49.9 Å².